The van der Waals surface area contributed by atoms with E-state index in [1.165, 1.54) is 11.1 Å². The maximum absolute atomic E-state index is 12.3. The summed E-state index contributed by atoms with van der Waals surface area (Å²) < 4.78 is 0. The summed E-state index contributed by atoms with van der Waals surface area (Å²) in [5.74, 6) is 5.42. The van der Waals surface area contributed by atoms with Crippen LogP contribution in [0.3, 0.4) is 0 Å². The second-order valence-electron chi connectivity index (χ2n) is 6.07. The summed E-state index contributed by atoms with van der Waals surface area (Å²) in [5.41, 5.74) is 4.68. The van der Waals surface area contributed by atoms with Crippen molar-refractivity contribution in [3.05, 3.63) is 71.8 Å². The topological polar surface area (TPSA) is 58.4 Å². The van der Waals surface area contributed by atoms with Crippen LogP contribution in [0.2, 0.25) is 0 Å². The molecule has 0 radical (unpaired) electrons. The van der Waals surface area contributed by atoms with Gasteiger partial charge in [-0.2, -0.15) is 0 Å². The van der Waals surface area contributed by atoms with Crippen molar-refractivity contribution in [1.82, 2.24) is 10.3 Å². The molecule has 4 heteroatoms. The van der Waals surface area contributed by atoms with Crippen molar-refractivity contribution in [2.45, 2.75) is 33.0 Å². The van der Waals surface area contributed by atoms with E-state index in [2.05, 4.69) is 34.6 Å². The molecule has 3 N–H and O–H groups in total. The van der Waals surface area contributed by atoms with E-state index in [9.17, 15) is 4.79 Å². The quantitative estimate of drug-likeness (QED) is 0.469. The Morgan fingerprint density at radius 2 is 1.39 bits per heavy atom. The zero-order valence-electron chi connectivity index (χ0n) is 13.8. The molecule has 0 aliphatic rings. The lowest BCUT2D eigenvalue weighted by Crippen LogP contribution is -2.51. The van der Waals surface area contributed by atoms with Crippen LogP contribution in [0.4, 0.5) is 0 Å². The molecule has 2 aromatic carbocycles. The van der Waals surface area contributed by atoms with Gasteiger partial charge < -0.3 is 0 Å². The largest absolute Gasteiger partial charge is 0.293 e. The number of nitrogens with one attached hydrogen (secondary N) is 1. The lowest BCUT2D eigenvalue weighted by molar-refractivity contribution is -0.128. The molecule has 2 aromatic rings. The fourth-order valence-corrected chi connectivity index (χ4v) is 2.86. The summed E-state index contributed by atoms with van der Waals surface area (Å²) in [6.07, 6.45) is 0. The molecule has 23 heavy (non-hydrogen) atoms. The van der Waals surface area contributed by atoms with Gasteiger partial charge in [0.1, 0.15) is 0 Å². The second-order valence-corrected chi connectivity index (χ2v) is 6.07. The molecular weight excluding hydrogens is 286 g/mol. The van der Waals surface area contributed by atoms with Crippen LogP contribution in [0.5, 0.6) is 0 Å². The Labute approximate surface area is 138 Å². The van der Waals surface area contributed by atoms with E-state index in [1.807, 2.05) is 50.2 Å². The van der Waals surface area contributed by atoms with Crippen molar-refractivity contribution in [2.24, 2.45) is 11.8 Å². The molecule has 4 nitrogen and oxygen atoms in total. The maximum Gasteiger partial charge on any atom is 0.251 e. The van der Waals surface area contributed by atoms with Gasteiger partial charge in [0.25, 0.3) is 5.91 Å². The van der Waals surface area contributed by atoms with E-state index in [4.69, 9.17) is 5.84 Å². The molecule has 0 aliphatic carbocycles. The van der Waals surface area contributed by atoms with E-state index in [0.717, 1.165) is 0 Å². The number of hydrogen-bond acceptors (Lipinski definition) is 3. The highest BCUT2D eigenvalue weighted by molar-refractivity contribution is 5.81. The van der Waals surface area contributed by atoms with Crippen LogP contribution in [0.15, 0.2) is 60.7 Å². The van der Waals surface area contributed by atoms with Crippen LogP contribution in [-0.2, 0) is 17.9 Å². The van der Waals surface area contributed by atoms with Crippen molar-refractivity contribution in [2.75, 3.05) is 0 Å². The summed E-state index contributed by atoms with van der Waals surface area (Å²) in [5, 5.41) is 0. The first-order valence-electron chi connectivity index (χ1n) is 7.94. The smallest absolute Gasteiger partial charge is 0.251 e. The van der Waals surface area contributed by atoms with Crippen molar-refractivity contribution in [1.29, 1.82) is 0 Å². The predicted octanol–water partition coefficient (Wildman–Crippen LogP) is 2.70. The third-order valence-corrected chi connectivity index (χ3v) is 3.89. The molecular formula is C19H25N3O. The second kappa shape index (κ2) is 8.46. The molecule has 2 rings (SSSR count). The normalized spacial score (nSPS) is 12.4. The minimum absolute atomic E-state index is 0.146. The number of amides is 1. The first-order valence-corrected chi connectivity index (χ1v) is 7.94. The van der Waals surface area contributed by atoms with Gasteiger partial charge in [-0.3, -0.25) is 15.1 Å². The average molecular weight is 311 g/mol. The Balaban J connectivity index is 2.27. The molecule has 1 unspecified atom stereocenters. The first kappa shape index (κ1) is 17.2. The first-order chi connectivity index (χ1) is 11.1. The average Bonchev–Trinajstić information content (AvgIpc) is 2.56. The fourth-order valence-electron chi connectivity index (χ4n) is 2.86. The predicted molar refractivity (Wildman–Crippen MR) is 93.1 cm³/mol. The summed E-state index contributed by atoms with van der Waals surface area (Å²) in [6.45, 7) is 5.49. The monoisotopic (exact) mass is 311 g/mol. The summed E-state index contributed by atoms with van der Waals surface area (Å²) in [7, 11) is 0. The van der Waals surface area contributed by atoms with Gasteiger partial charge in [0.2, 0.25) is 0 Å². The third kappa shape index (κ3) is 4.91. The Morgan fingerprint density at radius 1 is 0.957 bits per heavy atom. The minimum Gasteiger partial charge on any atom is -0.293 e. The molecule has 0 aromatic heterocycles. The molecule has 0 saturated heterocycles. The molecule has 0 fully saturated rings. The number of hydrogen-bond donors (Lipinski definition) is 2. The number of rotatable bonds is 7. The van der Waals surface area contributed by atoms with Crippen LogP contribution >= 0.6 is 0 Å². The highest BCUT2D eigenvalue weighted by atomic mass is 16.2. The van der Waals surface area contributed by atoms with Crippen LogP contribution < -0.4 is 11.3 Å². The lowest BCUT2D eigenvalue weighted by Gasteiger charge is -2.33. The van der Waals surface area contributed by atoms with Gasteiger partial charge in [-0.25, -0.2) is 5.84 Å². The van der Waals surface area contributed by atoms with Gasteiger partial charge in [-0.15, -0.1) is 0 Å². The fraction of sp³-hybridized carbons (Fsp3) is 0.316. The number of carbonyl (C=O) groups excluding carboxylic acids is 1. The molecule has 0 bridgehead atoms. The highest BCUT2D eigenvalue weighted by Gasteiger charge is 2.28. The van der Waals surface area contributed by atoms with Gasteiger partial charge >= 0.3 is 0 Å². The number of benzene rings is 2. The van der Waals surface area contributed by atoms with E-state index >= 15 is 0 Å². The Hall–Kier alpha value is -2.17. The number of hydrazine groups is 1. The molecule has 0 spiro atoms. The number of nitrogens with zero attached hydrogens (tertiary/aromatic N) is 1. The molecule has 0 aliphatic heterocycles. The van der Waals surface area contributed by atoms with E-state index in [0.29, 0.717) is 13.1 Å². The van der Waals surface area contributed by atoms with Gasteiger partial charge in [0.05, 0.1) is 6.04 Å². The highest BCUT2D eigenvalue weighted by Crippen LogP contribution is 2.18. The lowest BCUT2D eigenvalue weighted by atomic mass is 10.00. The Kier molecular flexibility index (Phi) is 6.32. The van der Waals surface area contributed by atoms with Gasteiger partial charge in [0.15, 0.2) is 0 Å². The number of carbonyl (C=O) groups is 1. The standard InChI is InChI=1S/C19H25N3O/c1-15(2)18(19(23)21-20)22(13-16-9-5-3-6-10-16)14-17-11-7-4-8-12-17/h3-12,15,18H,13-14,20H2,1-2H3,(H,21,23). The van der Waals surface area contributed by atoms with Crippen molar-refractivity contribution >= 4 is 5.91 Å². The van der Waals surface area contributed by atoms with E-state index < -0.39 is 0 Å². The summed E-state index contributed by atoms with van der Waals surface area (Å²) in [4.78, 5) is 14.5. The third-order valence-electron chi connectivity index (χ3n) is 3.89. The zero-order chi connectivity index (χ0) is 16.7. The molecule has 122 valence electrons. The Bertz CT molecular complexity index is 557. The van der Waals surface area contributed by atoms with Crippen molar-refractivity contribution in [3.8, 4) is 0 Å². The maximum atomic E-state index is 12.3. The molecule has 0 heterocycles. The zero-order valence-corrected chi connectivity index (χ0v) is 13.8. The van der Waals surface area contributed by atoms with Crippen LogP contribution in [0.1, 0.15) is 25.0 Å². The Morgan fingerprint density at radius 3 is 1.74 bits per heavy atom. The van der Waals surface area contributed by atoms with Gasteiger partial charge in [-0.05, 0) is 17.0 Å². The number of nitrogens with two attached hydrogens (primary N) is 1. The van der Waals surface area contributed by atoms with Crippen LogP contribution in [0.25, 0.3) is 0 Å². The minimum atomic E-state index is -0.277. The van der Waals surface area contributed by atoms with Crippen LogP contribution in [0, 0.1) is 5.92 Å². The summed E-state index contributed by atoms with van der Waals surface area (Å²) >= 11 is 0. The van der Waals surface area contributed by atoms with Crippen LogP contribution in [-0.4, -0.2) is 16.8 Å². The summed E-state index contributed by atoms with van der Waals surface area (Å²) in [6, 6.07) is 20.1. The van der Waals surface area contributed by atoms with E-state index in [1.54, 1.807) is 0 Å². The molecule has 1 atom stereocenters. The molecule has 1 amide bonds. The SMILES string of the molecule is CC(C)C(C(=O)NN)N(Cc1ccccc1)Cc1ccccc1. The van der Waals surface area contributed by atoms with Crippen molar-refractivity contribution in [3.63, 3.8) is 0 Å². The van der Waals surface area contributed by atoms with Crippen molar-refractivity contribution < 1.29 is 4.79 Å². The molecule has 0 saturated carbocycles. The van der Waals surface area contributed by atoms with E-state index in [-0.39, 0.29) is 17.9 Å². The van der Waals surface area contributed by atoms with Gasteiger partial charge in [-0.1, -0.05) is 74.5 Å². The van der Waals surface area contributed by atoms with Gasteiger partial charge in [0, 0.05) is 13.1 Å².